The van der Waals surface area contributed by atoms with Gasteiger partial charge in [-0.25, -0.2) is 8.42 Å². The summed E-state index contributed by atoms with van der Waals surface area (Å²) in [6.45, 7) is 4.70. The van der Waals surface area contributed by atoms with E-state index in [2.05, 4.69) is 4.72 Å². The second-order valence-corrected chi connectivity index (χ2v) is 6.53. The first-order valence-electron chi connectivity index (χ1n) is 6.77. The van der Waals surface area contributed by atoms with E-state index in [0.29, 0.717) is 24.7 Å². The van der Waals surface area contributed by atoms with Gasteiger partial charge in [-0.1, -0.05) is 12.1 Å². The van der Waals surface area contributed by atoms with Crippen molar-refractivity contribution in [3.63, 3.8) is 0 Å². The van der Waals surface area contributed by atoms with Crippen LogP contribution in [0.25, 0.3) is 0 Å². The molecule has 0 heterocycles. The maximum atomic E-state index is 12.0. The summed E-state index contributed by atoms with van der Waals surface area (Å²) in [5, 5.41) is 0. The second kappa shape index (κ2) is 8.86. The van der Waals surface area contributed by atoms with Crippen molar-refractivity contribution >= 4 is 15.7 Å². The van der Waals surface area contributed by atoms with Crippen LogP contribution in [0.5, 0.6) is 5.75 Å². The van der Waals surface area contributed by atoms with E-state index in [1.54, 1.807) is 31.4 Å². The lowest BCUT2D eigenvalue weighted by molar-refractivity contribution is 0.0785. The lowest BCUT2D eigenvalue weighted by atomic mass is 10.3. The molecule has 0 atom stereocenters. The van der Waals surface area contributed by atoms with Crippen molar-refractivity contribution in [1.82, 2.24) is 0 Å². The minimum absolute atomic E-state index is 0.0342. The van der Waals surface area contributed by atoms with E-state index >= 15 is 0 Å². The quantitative estimate of drug-likeness (QED) is 0.667. The third kappa shape index (κ3) is 7.31. The molecule has 0 saturated heterocycles. The first-order chi connectivity index (χ1) is 9.94. The van der Waals surface area contributed by atoms with Crippen LogP contribution in [0, 0.1) is 0 Å². The molecule has 0 unspecified atom stereocenters. The molecule has 0 fully saturated rings. The molecule has 0 radical (unpaired) electrons. The van der Waals surface area contributed by atoms with Gasteiger partial charge in [0.15, 0.2) is 0 Å². The first kappa shape index (κ1) is 17.7. The maximum Gasteiger partial charge on any atom is 0.235 e. The van der Waals surface area contributed by atoms with Crippen molar-refractivity contribution in [2.45, 2.75) is 20.0 Å². The SMILES string of the molecule is COCCOCCS(=O)(=O)Nc1ccccc1OC(C)C. The molecule has 120 valence electrons. The molecule has 0 amide bonds. The van der Waals surface area contributed by atoms with E-state index in [1.165, 1.54) is 0 Å². The lowest BCUT2D eigenvalue weighted by Gasteiger charge is -2.15. The average molecular weight is 317 g/mol. The average Bonchev–Trinajstić information content (AvgIpc) is 2.40. The number of rotatable bonds is 10. The van der Waals surface area contributed by atoms with Gasteiger partial charge in [-0.05, 0) is 26.0 Å². The predicted molar refractivity (Wildman–Crippen MR) is 82.3 cm³/mol. The highest BCUT2D eigenvalue weighted by Crippen LogP contribution is 2.25. The van der Waals surface area contributed by atoms with Crippen LogP contribution in [0.2, 0.25) is 0 Å². The van der Waals surface area contributed by atoms with E-state index in [9.17, 15) is 8.42 Å². The smallest absolute Gasteiger partial charge is 0.235 e. The molecular formula is C14H23NO5S. The largest absolute Gasteiger partial charge is 0.489 e. The van der Waals surface area contributed by atoms with Crippen LogP contribution in [0.3, 0.4) is 0 Å². The first-order valence-corrected chi connectivity index (χ1v) is 8.42. The van der Waals surface area contributed by atoms with Crippen LogP contribution in [0.1, 0.15) is 13.8 Å². The molecule has 0 bridgehead atoms. The number of nitrogens with one attached hydrogen (secondary N) is 1. The fraction of sp³-hybridized carbons (Fsp3) is 0.571. The molecule has 7 heteroatoms. The highest BCUT2D eigenvalue weighted by Gasteiger charge is 2.14. The zero-order valence-corrected chi connectivity index (χ0v) is 13.5. The number of benzene rings is 1. The molecule has 0 aliphatic heterocycles. The van der Waals surface area contributed by atoms with E-state index in [-0.39, 0.29) is 18.5 Å². The Kier molecular flexibility index (Phi) is 7.49. The third-order valence-electron chi connectivity index (χ3n) is 2.44. The summed E-state index contributed by atoms with van der Waals surface area (Å²) in [7, 11) is -1.91. The highest BCUT2D eigenvalue weighted by molar-refractivity contribution is 7.92. The Balaban J connectivity index is 2.58. The van der Waals surface area contributed by atoms with Gasteiger partial charge in [-0.15, -0.1) is 0 Å². The minimum Gasteiger partial charge on any atom is -0.489 e. The summed E-state index contributed by atoms with van der Waals surface area (Å²) < 4.78 is 42.1. The van der Waals surface area contributed by atoms with Crippen LogP contribution < -0.4 is 9.46 Å². The van der Waals surface area contributed by atoms with Gasteiger partial charge in [0.2, 0.25) is 10.0 Å². The van der Waals surface area contributed by atoms with Crippen LogP contribution in [-0.4, -0.2) is 47.2 Å². The van der Waals surface area contributed by atoms with E-state index < -0.39 is 10.0 Å². The van der Waals surface area contributed by atoms with Crippen molar-refractivity contribution in [2.75, 3.05) is 37.4 Å². The fourth-order valence-electron chi connectivity index (χ4n) is 1.54. The van der Waals surface area contributed by atoms with E-state index in [4.69, 9.17) is 14.2 Å². The molecule has 0 aliphatic carbocycles. The standard InChI is InChI=1S/C14H23NO5S/c1-12(2)20-14-7-5-4-6-13(14)15-21(16,17)11-10-19-9-8-18-3/h4-7,12,15H,8-11H2,1-3H3. The summed E-state index contributed by atoms with van der Waals surface area (Å²) in [4.78, 5) is 0. The molecule has 1 aromatic rings. The van der Waals surface area contributed by atoms with Crippen molar-refractivity contribution < 1.29 is 22.6 Å². The predicted octanol–water partition coefficient (Wildman–Crippen LogP) is 1.88. The van der Waals surface area contributed by atoms with Gasteiger partial charge in [-0.3, -0.25) is 4.72 Å². The van der Waals surface area contributed by atoms with Gasteiger partial charge in [0, 0.05) is 7.11 Å². The van der Waals surface area contributed by atoms with Crippen LogP contribution in [-0.2, 0) is 19.5 Å². The molecule has 21 heavy (non-hydrogen) atoms. The Bertz CT molecular complexity index is 516. The topological polar surface area (TPSA) is 73.9 Å². The zero-order chi connectivity index (χ0) is 15.7. The molecule has 1 N–H and O–H groups in total. The molecular weight excluding hydrogens is 294 g/mol. The van der Waals surface area contributed by atoms with Crippen LogP contribution >= 0.6 is 0 Å². The van der Waals surface area contributed by atoms with Gasteiger partial charge in [0.05, 0.1) is 37.4 Å². The number of hydrogen-bond acceptors (Lipinski definition) is 5. The van der Waals surface area contributed by atoms with Gasteiger partial charge in [-0.2, -0.15) is 0 Å². The minimum atomic E-state index is -3.48. The molecule has 0 aliphatic rings. The Hall–Kier alpha value is -1.31. The van der Waals surface area contributed by atoms with Crippen LogP contribution in [0.15, 0.2) is 24.3 Å². The number of para-hydroxylation sites is 2. The monoisotopic (exact) mass is 317 g/mol. The normalized spacial score (nSPS) is 11.6. The number of anilines is 1. The molecule has 0 saturated carbocycles. The fourth-order valence-corrected chi connectivity index (χ4v) is 2.48. The van der Waals surface area contributed by atoms with Crippen molar-refractivity contribution in [3.05, 3.63) is 24.3 Å². The number of hydrogen-bond donors (Lipinski definition) is 1. The van der Waals surface area contributed by atoms with Crippen molar-refractivity contribution in [2.24, 2.45) is 0 Å². The number of sulfonamides is 1. The summed E-state index contributed by atoms with van der Waals surface area (Å²) in [5.41, 5.74) is 0.433. The molecule has 6 nitrogen and oxygen atoms in total. The summed E-state index contributed by atoms with van der Waals surface area (Å²) in [5.74, 6) is 0.392. The molecule has 1 rings (SSSR count). The highest BCUT2D eigenvalue weighted by atomic mass is 32.2. The van der Waals surface area contributed by atoms with Crippen molar-refractivity contribution in [3.8, 4) is 5.75 Å². The van der Waals surface area contributed by atoms with Gasteiger partial charge >= 0.3 is 0 Å². The Labute approximate surface area is 126 Å². The number of methoxy groups -OCH3 is 1. The second-order valence-electron chi connectivity index (χ2n) is 4.69. The van der Waals surface area contributed by atoms with Crippen molar-refractivity contribution in [1.29, 1.82) is 0 Å². The van der Waals surface area contributed by atoms with Gasteiger partial charge in [0.25, 0.3) is 0 Å². The van der Waals surface area contributed by atoms with Crippen LogP contribution in [0.4, 0.5) is 5.69 Å². The molecule has 0 aromatic heterocycles. The summed E-state index contributed by atoms with van der Waals surface area (Å²) in [6.07, 6.45) is -0.0342. The van der Waals surface area contributed by atoms with Gasteiger partial charge in [0.1, 0.15) is 5.75 Å². The third-order valence-corrected chi connectivity index (χ3v) is 3.68. The maximum absolute atomic E-state index is 12.0. The summed E-state index contributed by atoms with van der Waals surface area (Å²) >= 11 is 0. The number of ether oxygens (including phenoxy) is 3. The van der Waals surface area contributed by atoms with E-state index in [1.807, 2.05) is 13.8 Å². The Morgan fingerprint density at radius 2 is 1.86 bits per heavy atom. The summed E-state index contributed by atoms with van der Waals surface area (Å²) in [6, 6.07) is 6.94. The van der Waals surface area contributed by atoms with E-state index in [0.717, 1.165) is 0 Å². The zero-order valence-electron chi connectivity index (χ0n) is 12.7. The molecule has 1 aromatic carbocycles. The van der Waals surface area contributed by atoms with Gasteiger partial charge < -0.3 is 14.2 Å². The lowest BCUT2D eigenvalue weighted by Crippen LogP contribution is -2.21. The Morgan fingerprint density at radius 3 is 2.52 bits per heavy atom. The Morgan fingerprint density at radius 1 is 1.14 bits per heavy atom. The molecule has 0 spiro atoms.